The monoisotopic (exact) mass is 379 g/mol. The number of imide groups is 1. The van der Waals surface area contributed by atoms with E-state index in [1.165, 1.54) is 0 Å². The van der Waals surface area contributed by atoms with Gasteiger partial charge in [0.25, 0.3) is 5.91 Å². The van der Waals surface area contributed by atoms with E-state index >= 15 is 0 Å². The third-order valence-corrected chi connectivity index (χ3v) is 5.33. The zero-order chi connectivity index (χ0) is 16.8. The van der Waals surface area contributed by atoms with Crippen molar-refractivity contribution in [2.75, 3.05) is 11.9 Å². The summed E-state index contributed by atoms with van der Waals surface area (Å²) in [6, 6.07) is 4.92. The fourth-order valence-corrected chi connectivity index (χ4v) is 3.11. The molecule has 0 bridgehead atoms. The van der Waals surface area contributed by atoms with Crippen LogP contribution in [0, 0.1) is 12.8 Å². The fourth-order valence-electron chi connectivity index (χ4n) is 2.86. The summed E-state index contributed by atoms with van der Waals surface area (Å²) >= 11 is 3.40. The van der Waals surface area contributed by atoms with Gasteiger partial charge in [-0.1, -0.05) is 15.9 Å². The van der Waals surface area contributed by atoms with E-state index in [4.69, 9.17) is 0 Å². The predicted octanol–water partition coefficient (Wildman–Crippen LogP) is 2.42. The van der Waals surface area contributed by atoms with E-state index in [0.717, 1.165) is 27.8 Å². The average Bonchev–Trinajstić information content (AvgIpc) is 3.29. The molecule has 2 aliphatic rings. The maximum atomic E-state index is 12.5. The van der Waals surface area contributed by atoms with Gasteiger partial charge in [0.15, 0.2) is 0 Å². The maximum absolute atomic E-state index is 12.5. The average molecular weight is 380 g/mol. The summed E-state index contributed by atoms with van der Waals surface area (Å²) in [5.74, 6) is -0.524. The van der Waals surface area contributed by atoms with Crippen LogP contribution in [0.15, 0.2) is 22.7 Å². The number of aryl methyl sites for hydroxylation is 1. The number of nitrogens with zero attached hydrogens (tertiary/aromatic N) is 1. The first-order valence-electron chi connectivity index (χ1n) is 7.51. The van der Waals surface area contributed by atoms with Crippen molar-refractivity contribution in [3.63, 3.8) is 0 Å². The van der Waals surface area contributed by atoms with Gasteiger partial charge in [0.05, 0.1) is 0 Å². The van der Waals surface area contributed by atoms with Crippen LogP contribution in [0.5, 0.6) is 0 Å². The number of rotatable bonds is 4. The molecule has 4 amide bonds. The van der Waals surface area contributed by atoms with Gasteiger partial charge in [-0.25, -0.2) is 4.79 Å². The lowest BCUT2D eigenvalue weighted by atomic mass is 9.96. The molecule has 0 spiro atoms. The zero-order valence-corrected chi connectivity index (χ0v) is 14.6. The first-order valence-corrected chi connectivity index (χ1v) is 8.30. The third kappa shape index (κ3) is 2.97. The summed E-state index contributed by atoms with van der Waals surface area (Å²) in [6.45, 7) is 3.38. The minimum absolute atomic E-state index is 0.182. The van der Waals surface area contributed by atoms with Gasteiger partial charge >= 0.3 is 6.03 Å². The summed E-state index contributed by atoms with van der Waals surface area (Å²) in [5.41, 5.74) is 0.762. The predicted molar refractivity (Wildman–Crippen MR) is 88.9 cm³/mol. The number of nitrogens with one attached hydrogen (secondary N) is 2. The summed E-state index contributed by atoms with van der Waals surface area (Å²) in [5, 5.41) is 5.45. The molecule has 23 heavy (non-hydrogen) atoms. The lowest BCUT2D eigenvalue weighted by Gasteiger charge is -2.20. The molecule has 1 aromatic rings. The van der Waals surface area contributed by atoms with Crippen molar-refractivity contribution >= 4 is 39.5 Å². The Hall–Kier alpha value is -1.89. The van der Waals surface area contributed by atoms with Gasteiger partial charge in [0.1, 0.15) is 12.1 Å². The number of carbonyl (C=O) groups excluding carboxylic acids is 3. The standard InChI is InChI=1S/C16H18BrN3O3/c1-9-7-11(5-6-12(9)17)18-13(21)8-20-14(22)16(2,10-3-4-10)19-15(20)23/h5-7,10H,3-4,8H2,1-2H3,(H,18,21)(H,19,23). The number of amides is 4. The van der Waals surface area contributed by atoms with Gasteiger partial charge < -0.3 is 10.6 Å². The molecule has 1 saturated carbocycles. The molecule has 1 aliphatic carbocycles. The minimum atomic E-state index is -0.856. The van der Waals surface area contributed by atoms with E-state index in [0.29, 0.717) is 5.69 Å². The molecule has 7 heteroatoms. The van der Waals surface area contributed by atoms with E-state index in [-0.39, 0.29) is 18.4 Å². The highest BCUT2D eigenvalue weighted by molar-refractivity contribution is 9.10. The molecular formula is C16H18BrN3O3. The molecule has 3 rings (SSSR count). The first-order chi connectivity index (χ1) is 10.8. The zero-order valence-electron chi connectivity index (χ0n) is 13.0. The van der Waals surface area contributed by atoms with Crippen molar-refractivity contribution in [1.82, 2.24) is 10.2 Å². The number of urea groups is 1. The van der Waals surface area contributed by atoms with Crippen molar-refractivity contribution in [2.45, 2.75) is 32.2 Å². The van der Waals surface area contributed by atoms with E-state index in [1.54, 1.807) is 13.0 Å². The second-order valence-corrected chi connectivity index (χ2v) is 7.16. The van der Waals surface area contributed by atoms with Crippen molar-refractivity contribution < 1.29 is 14.4 Å². The summed E-state index contributed by atoms with van der Waals surface area (Å²) < 4.78 is 0.949. The molecule has 0 aromatic heterocycles. The second kappa shape index (κ2) is 5.63. The van der Waals surface area contributed by atoms with Crippen LogP contribution in [0.2, 0.25) is 0 Å². The van der Waals surface area contributed by atoms with Gasteiger partial charge in [-0.3, -0.25) is 14.5 Å². The van der Waals surface area contributed by atoms with Gasteiger partial charge in [-0.2, -0.15) is 0 Å². The van der Waals surface area contributed by atoms with E-state index in [1.807, 2.05) is 19.1 Å². The number of benzene rings is 1. The third-order valence-electron chi connectivity index (χ3n) is 4.44. The van der Waals surface area contributed by atoms with E-state index in [9.17, 15) is 14.4 Å². The van der Waals surface area contributed by atoms with Crippen LogP contribution in [0.4, 0.5) is 10.5 Å². The number of carbonyl (C=O) groups is 3. The highest BCUT2D eigenvalue weighted by atomic mass is 79.9. The SMILES string of the molecule is Cc1cc(NC(=O)CN2C(=O)NC(C)(C3CC3)C2=O)ccc1Br. The Labute approximate surface area is 142 Å². The Morgan fingerprint density at radius 2 is 2.13 bits per heavy atom. The molecule has 2 N–H and O–H groups in total. The van der Waals surface area contributed by atoms with Crippen molar-refractivity contribution in [3.05, 3.63) is 28.2 Å². The van der Waals surface area contributed by atoms with Crippen LogP contribution in [-0.4, -0.2) is 34.8 Å². The molecule has 1 aliphatic heterocycles. The van der Waals surface area contributed by atoms with Crippen LogP contribution in [0.25, 0.3) is 0 Å². The molecule has 122 valence electrons. The van der Waals surface area contributed by atoms with Crippen molar-refractivity contribution in [1.29, 1.82) is 0 Å². The Balaban J connectivity index is 1.66. The van der Waals surface area contributed by atoms with E-state index < -0.39 is 17.5 Å². The van der Waals surface area contributed by atoms with Gasteiger partial charge in [-0.15, -0.1) is 0 Å². The molecule has 1 unspecified atom stereocenters. The molecule has 1 saturated heterocycles. The van der Waals surface area contributed by atoms with Gasteiger partial charge in [-0.05, 0) is 56.4 Å². The first kappa shape index (κ1) is 16.0. The van der Waals surface area contributed by atoms with Gasteiger partial charge in [0, 0.05) is 10.2 Å². The molecule has 1 atom stereocenters. The lowest BCUT2D eigenvalue weighted by molar-refractivity contribution is -0.134. The number of anilines is 1. The molecule has 0 radical (unpaired) electrons. The highest BCUT2D eigenvalue weighted by Gasteiger charge is 2.56. The fraction of sp³-hybridized carbons (Fsp3) is 0.438. The quantitative estimate of drug-likeness (QED) is 0.788. The largest absolute Gasteiger partial charge is 0.325 e. The normalized spacial score (nSPS) is 23.9. The Kier molecular flexibility index (Phi) is 3.91. The number of hydrogen-bond acceptors (Lipinski definition) is 3. The van der Waals surface area contributed by atoms with Crippen molar-refractivity contribution in [3.8, 4) is 0 Å². The topological polar surface area (TPSA) is 78.5 Å². The molecule has 1 heterocycles. The molecule has 2 fully saturated rings. The summed E-state index contributed by atoms with van der Waals surface area (Å²) in [7, 11) is 0. The minimum Gasteiger partial charge on any atom is -0.325 e. The summed E-state index contributed by atoms with van der Waals surface area (Å²) in [6.07, 6.45) is 1.86. The molecular weight excluding hydrogens is 362 g/mol. The van der Waals surface area contributed by atoms with Crippen LogP contribution < -0.4 is 10.6 Å². The second-order valence-electron chi connectivity index (χ2n) is 6.31. The molecule has 6 nitrogen and oxygen atoms in total. The van der Waals surface area contributed by atoms with Crippen LogP contribution >= 0.6 is 15.9 Å². The lowest BCUT2D eigenvalue weighted by Crippen LogP contribution is -2.46. The van der Waals surface area contributed by atoms with Crippen molar-refractivity contribution in [2.24, 2.45) is 5.92 Å². The Bertz CT molecular complexity index is 702. The smallest absolute Gasteiger partial charge is 0.325 e. The maximum Gasteiger partial charge on any atom is 0.325 e. The Morgan fingerprint density at radius 3 is 2.74 bits per heavy atom. The molecule has 1 aromatic carbocycles. The van der Waals surface area contributed by atoms with Crippen LogP contribution in [0.1, 0.15) is 25.3 Å². The number of halogens is 1. The van der Waals surface area contributed by atoms with Gasteiger partial charge in [0.2, 0.25) is 5.91 Å². The van der Waals surface area contributed by atoms with Crippen LogP contribution in [0.3, 0.4) is 0 Å². The number of hydrogen-bond donors (Lipinski definition) is 2. The Morgan fingerprint density at radius 1 is 1.43 bits per heavy atom. The summed E-state index contributed by atoms with van der Waals surface area (Å²) in [4.78, 5) is 37.6. The highest BCUT2D eigenvalue weighted by Crippen LogP contribution is 2.42. The van der Waals surface area contributed by atoms with E-state index in [2.05, 4.69) is 26.6 Å². The van der Waals surface area contributed by atoms with Crippen LogP contribution in [-0.2, 0) is 9.59 Å².